The Morgan fingerprint density at radius 2 is 1.25 bits per heavy atom. The van der Waals surface area contributed by atoms with Crippen LogP contribution in [0.3, 0.4) is 0 Å². The molecule has 14 nitrogen and oxygen atoms in total. The number of nitrogens with zero attached hydrogens (tertiary/aromatic N) is 5. The number of hydrogen-bond donors (Lipinski definition) is 3. The summed E-state index contributed by atoms with van der Waals surface area (Å²) in [4.78, 5) is 77.5. The largest absolute Gasteiger partial charge is 0.453 e. The number of nitrogens with one attached hydrogen (secondary N) is 3. The molecule has 2 saturated heterocycles. The molecule has 3 aromatic carbocycles. The topological polar surface area (TPSA) is 167 Å². The van der Waals surface area contributed by atoms with E-state index in [9.17, 15) is 14.4 Å². The van der Waals surface area contributed by atoms with E-state index in [0.717, 1.165) is 117 Å². The summed E-state index contributed by atoms with van der Waals surface area (Å²) in [6.45, 7) is 0. The van der Waals surface area contributed by atoms with Crippen LogP contribution in [0.5, 0.6) is 0 Å². The van der Waals surface area contributed by atoms with E-state index in [0.29, 0.717) is 23.7 Å². The van der Waals surface area contributed by atoms with Crippen LogP contribution >= 0.6 is 0 Å². The molecule has 14 heteroatoms. The van der Waals surface area contributed by atoms with E-state index in [1.165, 1.54) is 39.0 Å². The van der Waals surface area contributed by atoms with Gasteiger partial charge in [-0.3, -0.25) is 9.59 Å². The van der Waals surface area contributed by atoms with Gasteiger partial charge in [0.25, 0.3) is 11.8 Å². The van der Waals surface area contributed by atoms with Crippen molar-refractivity contribution >= 4 is 24.3 Å². The second-order valence-electron chi connectivity index (χ2n) is 19.6. The number of rotatable bonds is 13. The number of carbonyl (C=O) groups is 3. The molecule has 5 aliphatic rings. The highest BCUT2D eigenvalue weighted by atomic mass is 17.2. The molecular weight excluding hydrogens is 857 g/mol. The molecule has 8 atom stereocenters. The molecule has 0 radical (unpaired) electrons. The van der Waals surface area contributed by atoms with Crippen LogP contribution in [0.4, 0.5) is 4.79 Å². The number of fused-ring (bicyclic) bond motifs is 2. The molecular formula is C54H64N8O6. The van der Waals surface area contributed by atoms with E-state index in [1.807, 2.05) is 78.0 Å². The number of amides is 3. The highest BCUT2D eigenvalue weighted by Gasteiger charge is 2.49. The van der Waals surface area contributed by atoms with E-state index in [2.05, 4.69) is 49.4 Å². The molecule has 0 spiro atoms. The Labute approximate surface area is 398 Å². The lowest BCUT2D eigenvalue weighted by atomic mass is 9.77. The third-order valence-electron chi connectivity index (χ3n) is 15.9. The Balaban J connectivity index is 0.804. The lowest BCUT2D eigenvalue weighted by molar-refractivity contribution is -0.188. The Morgan fingerprint density at radius 3 is 1.88 bits per heavy atom. The van der Waals surface area contributed by atoms with Gasteiger partial charge in [-0.15, -0.1) is 0 Å². The summed E-state index contributed by atoms with van der Waals surface area (Å²) < 4.78 is 4.97. The Morgan fingerprint density at radius 1 is 0.676 bits per heavy atom. The highest BCUT2D eigenvalue weighted by Crippen LogP contribution is 2.49. The van der Waals surface area contributed by atoms with Gasteiger partial charge in [-0.05, 0) is 104 Å². The van der Waals surface area contributed by atoms with Gasteiger partial charge in [-0.2, -0.15) is 4.89 Å². The number of alkyl carbamates (subject to hydrolysis) is 1. The van der Waals surface area contributed by atoms with Crippen LogP contribution in [0.2, 0.25) is 0 Å². The lowest BCUT2D eigenvalue weighted by Crippen LogP contribution is -2.47. The van der Waals surface area contributed by atoms with E-state index in [-0.39, 0.29) is 36.0 Å². The molecule has 0 unspecified atom stereocenters. The fraction of sp³-hybridized carbons (Fsp3) is 0.481. The average molecular weight is 921 g/mol. The SMILES string of the molecule is COOC=N[C@@H](C(=O)N1[C@@H]2CCCC[C@@H]2C[C@H]1c1ncc(-c2ccc(C3CCC(c4cnc([C@@H]5C[C@H]6CCCC[C@H]6N5C(=O)[C@H](NC(=O)OC)c5ccccc5)[nH]4)CC3)cc2)[nH]1)c1ccccc1. The van der Waals surface area contributed by atoms with Crippen LogP contribution in [-0.4, -0.2) is 80.3 Å². The molecule has 0 bridgehead atoms. The van der Waals surface area contributed by atoms with Crippen molar-refractivity contribution in [3.63, 3.8) is 0 Å². The van der Waals surface area contributed by atoms with Gasteiger partial charge in [-0.25, -0.2) is 19.8 Å². The number of carbonyl (C=O) groups excluding carboxylic acids is 3. The van der Waals surface area contributed by atoms with Crippen LogP contribution in [0, 0.1) is 11.8 Å². The highest BCUT2D eigenvalue weighted by molar-refractivity contribution is 5.88. The summed E-state index contributed by atoms with van der Waals surface area (Å²) in [6.07, 6.45) is 19.1. The van der Waals surface area contributed by atoms with Gasteiger partial charge < -0.3 is 34.7 Å². The zero-order chi connectivity index (χ0) is 46.6. The molecule has 68 heavy (non-hydrogen) atoms. The molecule has 3 saturated carbocycles. The van der Waals surface area contributed by atoms with Crippen molar-refractivity contribution in [3.05, 3.63) is 131 Å². The molecule has 2 aliphatic heterocycles. The number of methoxy groups -OCH3 is 1. The van der Waals surface area contributed by atoms with E-state index in [1.54, 1.807) is 0 Å². The maximum atomic E-state index is 14.6. The molecule has 5 aromatic rings. The predicted octanol–water partition coefficient (Wildman–Crippen LogP) is 10.4. The van der Waals surface area contributed by atoms with Gasteiger partial charge in [0.1, 0.15) is 17.7 Å². The third-order valence-corrected chi connectivity index (χ3v) is 15.9. The summed E-state index contributed by atoms with van der Waals surface area (Å²) in [5, 5.41) is 2.84. The number of aromatic nitrogens is 4. The fourth-order valence-corrected chi connectivity index (χ4v) is 12.6. The van der Waals surface area contributed by atoms with Crippen LogP contribution < -0.4 is 5.32 Å². The Bertz CT molecular complexity index is 2520. The lowest BCUT2D eigenvalue weighted by Gasteiger charge is -2.36. The molecule has 4 heterocycles. The average Bonchev–Trinajstić information content (AvgIpc) is 4.23. The van der Waals surface area contributed by atoms with E-state index < -0.39 is 18.2 Å². The van der Waals surface area contributed by atoms with Crippen LogP contribution in [0.1, 0.15) is 160 Å². The quantitative estimate of drug-likeness (QED) is 0.0454. The molecule has 3 N–H and O–H groups in total. The minimum Gasteiger partial charge on any atom is -0.453 e. The first-order valence-electron chi connectivity index (χ1n) is 24.9. The number of aliphatic imine (C=N–C) groups is 1. The first-order valence-corrected chi connectivity index (χ1v) is 24.9. The molecule has 10 rings (SSSR count). The van der Waals surface area contributed by atoms with Crippen molar-refractivity contribution in [1.29, 1.82) is 0 Å². The number of H-pyrrole nitrogens is 2. The second-order valence-corrected chi connectivity index (χ2v) is 19.6. The van der Waals surface area contributed by atoms with Crippen molar-refractivity contribution < 1.29 is 28.9 Å². The van der Waals surface area contributed by atoms with E-state index >= 15 is 0 Å². The van der Waals surface area contributed by atoms with Crippen LogP contribution in [-0.2, 0) is 24.1 Å². The Kier molecular flexibility index (Phi) is 13.7. The molecule has 5 fully saturated rings. The summed E-state index contributed by atoms with van der Waals surface area (Å²) in [5.74, 6) is 3.13. The minimum absolute atomic E-state index is 0.0509. The smallest absolute Gasteiger partial charge is 0.407 e. The zero-order valence-electron chi connectivity index (χ0n) is 39.2. The van der Waals surface area contributed by atoms with Crippen molar-refractivity contribution in [2.24, 2.45) is 16.8 Å². The number of aromatic amines is 2. The van der Waals surface area contributed by atoms with E-state index in [4.69, 9.17) is 24.5 Å². The molecule has 356 valence electrons. The number of imidazole rings is 2. The summed E-state index contributed by atoms with van der Waals surface area (Å²) in [5.41, 5.74) is 6.03. The maximum absolute atomic E-state index is 14.6. The summed E-state index contributed by atoms with van der Waals surface area (Å²) in [6, 6.07) is 26.3. The Hall–Kier alpha value is -6.28. The number of ether oxygens (including phenoxy) is 1. The van der Waals surface area contributed by atoms with Crippen LogP contribution in [0.25, 0.3) is 11.3 Å². The summed E-state index contributed by atoms with van der Waals surface area (Å²) >= 11 is 0. The van der Waals surface area contributed by atoms with Crippen molar-refractivity contribution in [2.45, 2.75) is 138 Å². The van der Waals surface area contributed by atoms with Gasteiger partial charge in [0.2, 0.25) is 6.40 Å². The van der Waals surface area contributed by atoms with Gasteiger partial charge >= 0.3 is 6.09 Å². The number of likely N-dealkylation sites (tertiary alicyclic amines) is 2. The normalized spacial score (nSPS) is 26.7. The maximum Gasteiger partial charge on any atom is 0.407 e. The van der Waals surface area contributed by atoms with Gasteiger partial charge in [0.05, 0.1) is 38.2 Å². The number of hydrogen-bond acceptors (Lipinski definition) is 9. The van der Waals surface area contributed by atoms with Gasteiger partial charge in [0.15, 0.2) is 6.04 Å². The standard InChI is InChI=1S/C54H64N8O6/c1-66-54(65)60-49(39-15-7-4-8-16-39)53(64)62-45-20-12-10-18-41(45)30-47(62)51-56-32-43(59-51)37-27-23-35(24-28-37)34-21-25-36(26-22-34)42-31-55-50(58-42)46-29-40-17-9-11-19-44(40)61(46)52(63)48(57-33-68-67-2)38-13-5-3-6-14-38/h3-8,13-16,21-22,25-26,31-33,35,37,40-41,44-49H,9-12,17-20,23-24,27-30H2,1-2H3,(H,55,58)(H,56,59)(H,60,65)/t35?,37?,40-,41-,44-,45-,46+,47+,48-,49-/m1/s1. The monoisotopic (exact) mass is 920 g/mol. The second kappa shape index (κ2) is 20.5. The molecule has 3 amide bonds. The van der Waals surface area contributed by atoms with Crippen molar-refractivity contribution in [3.8, 4) is 11.3 Å². The minimum atomic E-state index is -0.852. The van der Waals surface area contributed by atoms with Crippen LogP contribution in [0.15, 0.2) is 102 Å². The first-order chi connectivity index (χ1) is 33.4. The van der Waals surface area contributed by atoms with Crippen molar-refractivity contribution in [2.75, 3.05) is 14.2 Å². The fourth-order valence-electron chi connectivity index (χ4n) is 12.6. The molecule has 3 aliphatic carbocycles. The number of benzene rings is 3. The summed E-state index contributed by atoms with van der Waals surface area (Å²) in [7, 11) is 2.74. The first kappa shape index (κ1) is 45.5. The van der Waals surface area contributed by atoms with Gasteiger partial charge in [0, 0.05) is 29.9 Å². The zero-order valence-corrected chi connectivity index (χ0v) is 39.2. The van der Waals surface area contributed by atoms with Crippen molar-refractivity contribution in [1.82, 2.24) is 35.1 Å². The molecule has 2 aromatic heterocycles. The predicted molar refractivity (Wildman–Crippen MR) is 257 cm³/mol. The van der Waals surface area contributed by atoms with Gasteiger partial charge in [-0.1, -0.05) is 111 Å². The third kappa shape index (κ3) is 9.31.